The van der Waals surface area contributed by atoms with Gasteiger partial charge < -0.3 is 0 Å². The van der Waals surface area contributed by atoms with Crippen LogP contribution < -0.4 is 0 Å². The van der Waals surface area contributed by atoms with Crippen molar-refractivity contribution in [2.75, 3.05) is 6.54 Å². The van der Waals surface area contributed by atoms with Crippen molar-refractivity contribution in [3.05, 3.63) is 10.4 Å². The van der Waals surface area contributed by atoms with Crippen LogP contribution in [0.15, 0.2) is 5.11 Å². The summed E-state index contributed by atoms with van der Waals surface area (Å²) < 4.78 is 0. The molecule has 72 valence electrons. The van der Waals surface area contributed by atoms with Gasteiger partial charge in [0.05, 0.1) is 0 Å². The Balaban J connectivity index is 3.46. The quantitative estimate of drug-likeness (QED) is 0.209. The van der Waals surface area contributed by atoms with E-state index in [4.69, 9.17) is 5.53 Å². The lowest BCUT2D eigenvalue weighted by Crippen LogP contribution is -2.01. The Morgan fingerprint density at radius 1 is 1.31 bits per heavy atom. The zero-order chi connectivity index (χ0) is 10.2. The average Bonchev–Trinajstić information content (AvgIpc) is 2.01. The van der Waals surface area contributed by atoms with Gasteiger partial charge in [0.15, 0.2) is 0 Å². The third-order valence-corrected chi connectivity index (χ3v) is 1.37. The summed E-state index contributed by atoms with van der Waals surface area (Å²) in [6.45, 7) is 7.06. The molecular weight excluding hydrogens is 162 g/mol. The molecule has 0 unspecified atom stereocenters. The van der Waals surface area contributed by atoms with Crippen LogP contribution in [0.4, 0.5) is 0 Å². The Kier molecular flexibility index (Phi) is 5.84. The van der Waals surface area contributed by atoms with Gasteiger partial charge >= 0.3 is 0 Å². The van der Waals surface area contributed by atoms with E-state index in [0.717, 1.165) is 19.3 Å². The van der Waals surface area contributed by atoms with E-state index < -0.39 is 0 Å². The molecule has 0 atom stereocenters. The smallest absolute Gasteiger partial charge is 0.0266 e. The van der Waals surface area contributed by atoms with Crippen LogP contribution in [0.5, 0.6) is 0 Å². The van der Waals surface area contributed by atoms with Gasteiger partial charge in [-0.05, 0) is 17.4 Å². The predicted molar refractivity (Wildman–Crippen MR) is 55.1 cm³/mol. The molecule has 0 radical (unpaired) electrons. The monoisotopic (exact) mass is 179 g/mol. The fourth-order valence-corrected chi connectivity index (χ4v) is 0.699. The van der Waals surface area contributed by atoms with Gasteiger partial charge in [0.1, 0.15) is 0 Å². The van der Waals surface area contributed by atoms with E-state index in [-0.39, 0.29) is 5.41 Å². The zero-order valence-corrected chi connectivity index (χ0v) is 8.67. The molecular formula is C10H17N3. The molecule has 0 fully saturated rings. The highest BCUT2D eigenvalue weighted by atomic mass is 15.1. The number of unbranched alkanes of at least 4 members (excludes halogenated alkanes) is 1. The third-order valence-electron chi connectivity index (χ3n) is 1.37. The van der Waals surface area contributed by atoms with Crippen LogP contribution in [0.2, 0.25) is 0 Å². The van der Waals surface area contributed by atoms with Crippen LogP contribution in [-0.4, -0.2) is 6.54 Å². The summed E-state index contributed by atoms with van der Waals surface area (Å²) in [4.78, 5) is 2.67. The summed E-state index contributed by atoms with van der Waals surface area (Å²) in [5.41, 5.74) is 8.29. The van der Waals surface area contributed by atoms with Crippen molar-refractivity contribution in [2.45, 2.75) is 40.0 Å². The van der Waals surface area contributed by atoms with E-state index in [1.807, 2.05) is 0 Å². The van der Waals surface area contributed by atoms with E-state index in [9.17, 15) is 0 Å². The molecule has 0 rings (SSSR count). The molecule has 0 heterocycles. The maximum Gasteiger partial charge on any atom is 0.0266 e. The Hall–Kier alpha value is -1.13. The van der Waals surface area contributed by atoms with E-state index in [0.29, 0.717) is 6.54 Å². The summed E-state index contributed by atoms with van der Waals surface area (Å²) >= 11 is 0. The van der Waals surface area contributed by atoms with E-state index in [1.54, 1.807) is 0 Å². The molecule has 0 aliphatic rings. The van der Waals surface area contributed by atoms with Crippen molar-refractivity contribution >= 4 is 0 Å². The molecule has 0 spiro atoms. The topological polar surface area (TPSA) is 48.8 Å². The van der Waals surface area contributed by atoms with Crippen LogP contribution in [0.25, 0.3) is 10.4 Å². The van der Waals surface area contributed by atoms with Gasteiger partial charge in [-0.25, -0.2) is 0 Å². The summed E-state index contributed by atoms with van der Waals surface area (Å²) in [5.74, 6) is 6.18. The van der Waals surface area contributed by atoms with Crippen LogP contribution in [0.3, 0.4) is 0 Å². The minimum absolute atomic E-state index is 0.289. The molecule has 3 nitrogen and oxygen atoms in total. The highest BCUT2D eigenvalue weighted by Crippen LogP contribution is 2.16. The number of azide groups is 1. The Labute approximate surface area is 80.2 Å². The summed E-state index contributed by atoms with van der Waals surface area (Å²) in [7, 11) is 0. The predicted octanol–water partition coefficient (Wildman–Crippen LogP) is 3.52. The van der Waals surface area contributed by atoms with Crippen molar-refractivity contribution in [2.24, 2.45) is 10.5 Å². The van der Waals surface area contributed by atoms with Crippen molar-refractivity contribution in [1.29, 1.82) is 0 Å². The first-order valence-electron chi connectivity index (χ1n) is 4.53. The van der Waals surface area contributed by atoms with Crippen LogP contribution in [0.1, 0.15) is 40.0 Å². The van der Waals surface area contributed by atoms with E-state index in [1.165, 1.54) is 0 Å². The van der Waals surface area contributed by atoms with E-state index in [2.05, 4.69) is 42.6 Å². The average molecular weight is 179 g/mol. The minimum Gasteiger partial charge on any atom is -0.103 e. The Bertz CT molecular complexity index is 233. The van der Waals surface area contributed by atoms with Gasteiger partial charge in [-0.2, -0.15) is 0 Å². The van der Waals surface area contributed by atoms with Gasteiger partial charge in [-0.3, -0.25) is 0 Å². The van der Waals surface area contributed by atoms with Crippen LogP contribution >= 0.6 is 0 Å². The number of rotatable bonds is 3. The first kappa shape index (κ1) is 11.9. The summed E-state index contributed by atoms with van der Waals surface area (Å²) in [6.07, 6.45) is 2.62. The van der Waals surface area contributed by atoms with Gasteiger partial charge in [0.2, 0.25) is 0 Å². The molecule has 0 N–H and O–H groups in total. The zero-order valence-electron chi connectivity index (χ0n) is 8.67. The lowest BCUT2D eigenvalue weighted by atomic mass is 9.93. The molecule has 0 aromatic heterocycles. The lowest BCUT2D eigenvalue weighted by molar-refractivity contribution is 0.427. The first-order valence-corrected chi connectivity index (χ1v) is 4.53. The molecule has 13 heavy (non-hydrogen) atoms. The van der Waals surface area contributed by atoms with Crippen molar-refractivity contribution in [3.63, 3.8) is 0 Å². The van der Waals surface area contributed by atoms with Crippen molar-refractivity contribution in [1.82, 2.24) is 0 Å². The second-order valence-electron chi connectivity index (χ2n) is 4.15. The first-order chi connectivity index (χ1) is 6.06. The molecule has 0 aromatic rings. The molecule has 0 saturated carbocycles. The van der Waals surface area contributed by atoms with Gasteiger partial charge in [-0.15, -0.1) is 11.8 Å². The minimum atomic E-state index is 0.289. The molecule has 0 aliphatic heterocycles. The lowest BCUT2D eigenvalue weighted by Gasteiger charge is -2.12. The molecule has 3 heteroatoms. The SMILES string of the molecule is CC(C)(C)CC#CCCCN=[N+]=[N-]. The maximum atomic E-state index is 8.00. The van der Waals surface area contributed by atoms with Gasteiger partial charge in [0.25, 0.3) is 0 Å². The van der Waals surface area contributed by atoms with Gasteiger partial charge in [0, 0.05) is 24.3 Å². The van der Waals surface area contributed by atoms with Crippen LogP contribution in [0, 0.1) is 17.3 Å². The largest absolute Gasteiger partial charge is 0.103 e. The fraction of sp³-hybridized carbons (Fsp3) is 0.800. The summed E-state index contributed by atoms with van der Waals surface area (Å²) in [6, 6.07) is 0. The maximum absolute atomic E-state index is 8.00. The van der Waals surface area contributed by atoms with Crippen molar-refractivity contribution in [3.8, 4) is 11.8 Å². The molecule has 0 aromatic carbocycles. The molecule has 0 saturated heterocycles. The standard InChI is InChI=1S/C10H17N3/c1-10(2,3)8-6-4-5-7-9-12-13-11/h5,7-9H2,1-3H3. The number of hydrogen-bond donors (Lipinski definition) is 0. The molecule has 0 aliphatic carbocycles. The van der Waals surface area contributed by atoms with E-state index >= 15 is 0 Å². The molecule has 0 bridgehead atoms. The third kappa shape index (κ3) is 10.9. The summed E-state index contributed by atoms with van der Waals surface area (Å²) in [5, 5.41) is 3.43. The highest BCUT2D eigenvalue weighted by Gasteiger charge is 2.06. The van der Waals surface area contributed by atoms with Crippen LogP contribution in [-0.2, 0) is 0 Å². The number of nitrogens with zero attached hydrogens (tertiary/aromatic N) is 3. The second kappa shape index (κ2) is 6.39. The fourth-order valence-electron chi connectivity index (χ4n) is 0.699. The number of hydrogen-bond acceptors (Lipinski definition) is 1. The Morgan fingerprint density at radius 3 is 2.54 bits per heavy atom. The normalized spacial score (nSPS) is 9.77. The molecule has 0 amide bonds. The Morgan fingerprint density at radius 2 is 2.00 bits per heavy atom. The highest BCUT2D eigenvalue weighted by molar-refractivity contribution is 5.01. The second-order valence-corrected chi connectivity index (χ2v) is 4.15. The van der Waals surface area contributed by atoms with Gasteiger partial charge in [-0.1, -0.05) is 25.9 Å². The van der Waals surface area contributed by atoms with Crippen molar-refractivity contribution < 1.29 is 0 Å².